The molecule has 0 fully saturated rings. The summed E-state index contributed by atoms with van der Waals surface area (Å²) in [5.74, 6) is -0.459. The number of carbonyl (C=O) groups is 2. The average molecular weight is 369 g/mol. The minimum absolute atomic E-state index is 0.135. The van der Waals surface area contributed by atoms with Crippen LogP contribution in [-0.2, 0) is 23.6 Å². The molecule has 0 aliphatic carbocycles. The molecule has 1 amide bonds. The van der Waals surface area contributed by atoms with Gasteiger partial charge in [-0.15, -0.1) is 0 Å². The highest BCUT2D eigenvalue weighted by atomic mass is 16.6. The van der Waals surface area contributed by atoms with E-state index in [1.807, 2.05) is 0 Å². The molecular formula is C19H19N3O5. The molecule has 0 spiro atoms. The summed E-state index contributed by atoms with van der Waals surface area (Å²) in [5.41, 5.74) is 2.30. The first kappa shape index (κ1) is 18.2. The van der Waals surface area contributed by atoms with Crippen molar-refractivity contribution in [1.82, 2.24) is 9.13 Å². The van der Waals surface area contributed by atoms with Gasteiger partial charge in [0.1, 0.15) is 5.75 Å². The molecule has 0 unspecified atom stereocenters. The first-order valence-electron chi connectivity index (χ1n) is 8.17. The number of aromatic nitrogens is 2. The zero-order valence-corrected chi connectivity index (χ0v) is 15.2. The Kier molecular flexibility index (Phi) is 4.98. The van der Waals surface area contributed by atoms with Crippen LogP contribution in [0.1, 0.15) is 10.4 Å². The highest BCUT2D eigenvalue weighted by molar-refractivity contribution is 6.05. The number of nitrogens with one attached hydrogen (secondary N) is 1. The van der Waals surface area contributed by atoms with Crippen LogP contribution in [0.2, 0.25) is 0 Å². The molecule has 1 heterocycles. The third-order valence-corrected chi connectivity index (χ3v) is 4.21. The number of anilines is 1. The molecule has 3 rings (SSSR count). The molecule has 0 atom stereocenters. The summed E-state index contributed by atoms with van der Waals surface area (Å²) in [5, 5.41) is 2.80. The largest absolute Gasteiger partial charge is 0.482 e. The number of benzene rings is 2. The zero-order chi connectivity index (χ0) is 19.6. The van der Waals surface area contributed by atoms with Gasteiger partial charge in [-0.25, -0.2) is 9.59 Å². The normalized spacial score (nSPS) is 10.6. The average Bonchev–Trinajstić information content (AvgIpc) is 2.90. The number of rotatable bonds is 5. The van der Waals surface area contributed by atoms with E-state index in [0.29, 0.717) is 17.0 Å². The summed E-state index contributed by atoms with van der Waals surface area (Å²) >= 11 is 0. The summed E-state index contributed by atoms with van der Waals surface area (Å²) in [6, 6.07) is 11.7. The van der Waals surface area contributed by atoms with E-state index in [1.165, 1.54) is 17.7 Å². The van der Waals surface area contributed by atoms with E-state index in [-0.39, 0.29) is 18.2 Å². The van der Waals surface area contributed by atoms with E-state index in [2.05, 4.69) is 10.1 Å². The van der Waals surface area contributed by atoms with Gasteiger partial charge in [0.15, 0.2) is 6.61 Å². The second-order valence-electron chi connectivity index (χ2n) is 5.95. The number of esters is 1. The molecule has 0 aliphatic heterocycles. The fourth-order valence-electron chi connectivity index (χ4n) is 2.72. The minimum Gasteiger partial charge on any atom is -0.482 e. The summed E-state index contributed by atoms with van der Waals surface area (Å²) in [6.07, 6.45) is 0. The van der Waals surface area contributed by atoms with Gasteiger partial charge in [-0.1, -0.05) is 6.07 Å². The minimum atomic E-state index is -0.508. The lowest BCUT2D eigenvalue weighted by Crippen LogP contribution is -2.19. The van der Waals surface area contributed by atoms with E-state index >= 15 is 0 Å². The molecular weight excluding hydrogens is 350 g/mol. The van der Waals surface area contributed by atoms with Crippen LogP contribution < -0.4 is 15.7 Å². The molecule has 0 aliphatic rings. The maximum absolute atomic E-state index is 12.5. The van der Waals surface area contributed by atoms with Gasteiger partial charge in [0.05, 0.1) is 18.1 Å². The van der Waals surface area contributed by atoms with Crippen LogP contribution in [0.25, 0.3) is 11.0 Å². The van der Waals surface area contributed by atoms with Crippen molar-refractivity contribution in [3.63, 3.8) is 0 Å². The van der Waals surface area contributed by atoms with Crippen molar-refractivity contribution in [1.29, 1.82) is 0 Å². The molecule has 8 heteroatoms. The van der Waals surface area contributed by atoms with Crippen molar-refractivity contribution in [3.8, 4) is 5.75 Å². The number of aryl methyl sites for hydroxylation is 2. The maximum atomic E-state index is 12.5. The van der Waals surface area contributed by atoms with E-state index in [1.54, 1.807) is 55.1 Å². The topological polar surface area (TPSA) is 91.6 Å². The van der Waals surface area contributed by atoms with E-state index in [9.17, 15) is 14.4 Å². The molecule has 140 valence electrons. The van der Waals surface area contributed by atoms with Crippen LogP contribution in [0.4, 0.5) is 5.69 Å². The van der Waals surface area contributed by atoms with Gasteiger partial charge in [-0.05, 0) is 36.4 Å². The van der Waals surface area contributed by atoms with Crippen LogP contribution in [0, 0.1) is 0 Å². The van der Waals surface area contributed by atoms with Crippen LogP contribution in [0.5, 0.6) is 5.75 Å². The van der Waals surface area contributed by atoms with Crippen LogP contribution in [-0.4, -0.2) is 34.7 Å². The van der Waals surface area contributed by atoms with Crippen molar-refractivity contribution in [2.45, 2.75) is 0 Å². The molecule has 2 aromatic carbocycles. The Morgan fingerprint density at radius 2 is 1.78 bits per heavy atom. The number of nitrogens with zero attached hydrogens (tertiary/aromatic N) is 2. The quantitative estimate of drug-likeness (QED) is 0.691. The number of fused-ring (bicyclic) bond motifs is 1. The van der Waals surface area contributed by atoms with Crippen molar-refractivity contribution in [3.05, 3.63) is 58.5 Å². The fourth-order valence-corrected chi connectivity index (χ4v) is 2.72. The van der Waals surface area contributed by atoms with Gasteiger partial charge in [-0.2, -0.15) is 0 Å². The third-order valence-electron chi connectivity index (χ3n) is 4.21. The standard InChI is InChI=1S/C19H19N3O5/c1-21-15-8-7-13(10-16(15)22(2)19(21)25)20-18(24)12-5-4-6-14(9-12)27-11-17(23)26-3/h4-10H,11H2,1-3H3,(H,20,24). The first-order chi connectivity index (χ1) is 12.9. The molecule has 0 saturated heterocycles. The molecule has 0 saturated carbocycles. The molecule has 3 aromatic rings. The predicted molar refractivity (Wildman–Crippen MR) is 100 cm³/mol. The van der Waals surface area contributed by atoms with Gasteiger partial charge in [-0.3, -0.25) is 13.9 Å². The van der Waals surface area contributed by atoms with Crippen LogP contribution in [0.3, 0.4) is 0 Å². The van der Waals surface area contributed by atoms with E-state index < -0.39 is 5.97 Å². The third kappa shape index (κ3) is 3.69. The number of methoxy groups -OCH3 is 1. The Morgan fingerprint density at radius 3 is 2.52 bits per heavy atom. The lowest BCUT2D eigenvalue weighted by atomic mass is 10.2. The number of ether oxygens (including phenoxy) is 2. The van der Waals surface area contributed by atoms with Gasteiger partial charge >= 0.3 is 11.7 Å². The molecule has 27 heavy (non-hydrogen) atoms. The molecule has 1 N–H and O–H groups in total. The summed E-state index contributed by atoms with van der Waals surface area (Å²) in [7, 11) is 4.65. The Bertz CT molecular complexity index is 1080. The van der Waals surface area contributed by atoms with Gasteiger partial charge < -0.3 is 14.8 Å². The second kappa shape index (κ2) is 7.36. The Balaban J connectivity index is 1.79. The molecule has 0 bridgehead atoms. The highest BCUT2D eigenvalue weighted by Gasteiger charge is 2.12. The van der Waals surface area contributed by atoms with Gasteiger partial charge in [0.2, 0.25) is 0 Å². The lowest BCUT2D eigenvalue weighted by molar-refractivity contribution is -0.142. The maximum Gasteiger partial charge on any atom is 0.343 e. The number of hydrogen-bond acceptors (Lipinski definition) is 5. The zero-order valence-electron chi connectivity index (χ0n) is 15.2. The number of carbonyl (C=O) groups excluding carboxylic acids is 2. The van der Waals surface area contributed by atoms with Crippen molar-refractivity contribution < 1.29 is 19.1 Å². The van der Waals surface area contributed by atoms with Crippen LogP contribution >= 0.6 is 0 Å². The monoisotopic (exact) mass is 369 g/mol. The summed E-state index contributed by atoms with van der Waals surface area (Å²) in [6.45, 7) is -0.236. The highest BCUT2D eigenvalue weighted by Crippen LogP contribution is 2.19. The number of hydrogen-bond donors (Lipinski definition) is 1. The van der Waals surface area contributed by atoms with E-state index in [0.717, 1.165) is 11.0 Å². The van der Waals surface area contributed by atoms with Crippen molar-refractivity contribution in [2.24, 2.45) is 14.1 Å². The van der Waals surface area contributed by atoms with Gasteiger partial charge in [0, 0.05) is 25.3 Å². The van der Waals surface area contributed by atoms with Crippen molar-refractivity contribution >= 4 is 28.6 Å². The molecule has 0 radical (unpaired) electrons. The fraction of sp³-hybridized carbons (Fsp3) is 0.211. The Morgan fingerprint density at radius 1 is 1.04 bits per heavy atom. The number of amides is 1. The summed E-state index contributed by atoms with van der Waals surface area (Å²) < 4.78 is 12.9. The van der Waals surface area contributed by atoms with Crippen LogP contribution in [0.15, 0.2) is 47.3 Å². The lowest BCUT2D eigenvalue weighted by Gasteiger charge is -2.08. The smallest absolute Gasteiger partial charge is 0.343 e. The molecule has 1 aromatic heterocycles. The number of imidazole rings is 1. The SMILES string of the molecule is COC(=O)COc1cccc(C(=O)Nc2ccc3c(c2)n(C)c(=O)n3C)c1. The molecule has 8 nitrogen and oxygen atoms in total. The predicted octanol–water partition coefficient (Wildman–Crippen LogP) is 1.68. The van der Waals surface area contributed by atoms with Crippen molar-refractivity contribution in [2.75, 3.05) is 19.0 Å². The first-order valence-corrected chi connectivity index (χ1v) is 8.17. The van der Waals surface area contributed by atoms with E-state index in [4.69, 9.17) is 4.74 Å². The van der Waals surface area contributed by atoms with Gasteiger partial charge in [0.25, 0.3) is 5.91 Å². The second-order valence-corrected chi connectivity index (χ2v) is 5.95. The summed E-state index contributed by atoms with van der Waals surface area (Å²) in [4.78, 5) is 35.7. The Hall–Kier alpha value is -3.55. The Labute approximate surface area is 154 Å².